The van der Waals surface area contributed by atoms with Crippen molar-refractivity contribution in [2.75, 3.05) is 25.6 Å². The summed E-state index contributed by atoms with van der Waals surface area (Å²) in [4.78, 5) is 12.3. The van der Waals surface area contributed by atoms with Crippen LogP contribution in [0.15, 0.2) is 42.5 Å². The van der Waals surface area contributed by atoms with E-state index in [-0.39, 0.29) is 12.1 Å². The molecule has 1 aliphatic carbocycles. The SMILES string of the molecule is CCOc1ccccc1CCNC(=O)Nc1ccc(OC)c(OC2CCCC2)c1. The average Bonchev–Trinajstić information content (AvgIpc) is 3.23. The molecular formula is C23H30N2O4. The van der Waals surface area contributed by atoms with Crippen LogP contribution in [0.1, 0.15) is 38.2 Å². The number of hydrogen-bond acceptors (Lipinski definition) is 4. The van der Waals surface area contributed by atoms with Crippen molar-refractivity contribution in [1.29, 1.82) is 0 Å². The van der Waals surface area contributed by atoms with Crippen LogP contribution in [-0.2, 0) is 6.42 Å². The van der Waals surface area contributed by atoms with Gasteiger partial charge in [-0.25, -0.2) is 4.79 Å². The molecule has 0 aromatic heterocycles. The monoisotopic (exact) mass is 398 g/mol. The van der Waals surface area contributed by atoms with Crippen LogP contribution in [0.3, 0.4) is 0 Å². The third-order valence-electron chi connectivity index (χ3n) is 4.97. The minimum atomic E-state index is -0.254. The molecule has 29 heavy (non-hydrogen) atoms. The summed E-state index contributed by atoms with van der Waals surface area (Å²) in [6.45, 7) is 3.09. The van der Waals surface area contributed by atoms with Crippen LogP contribution in [0.2, 0.25) is 0 Å². The van der Waals surface area contributed by atoms with Crippen LogP contribution in [0.25, 0.3) is 0 Å². The van der Waals surface area contributed by atoms with Crippen LogP contribution < -0.4 is 24.8 Å². The molecule has 156 valence electrons. The molecule has 0 atom stereocenters. The Morgan fingerprint density at radius 3 is 2.62 bits per heavy atom. The van der Waals surface area contributed by atoms with E-state index in [1.54, 1.807) is 7.11 Å². The molecule has 1 aliphatic rings. The minimum absolute atomic E-state index is 0.221. The number of anilines is 1. The van der Waals surface area contributed by atoms with Gasteiger partial charge in [0, 0.05) is 18.3 Å². The van der Waals surface area contributed by atoms with E-state index in [1.807, 2.05) is 49.4 Å². The second-order valence-electron chi connectivity index (χ2n) is 7.06. The molecule has 2 amide bonds. The Morgan fingerprint density at radius 2 is 1.86 bits per heavy atom. The van der Waals surface area contributed by atoms with E-state index in [1.165, 1.54) is 12.8 Å². The van der Waals surface area contributed by atoms with Gasteiger partial charge in [-0.1, -0.05) is 18.2 Å². The first-order chi connectivity index (χ1) is 14.2. The summed E-state index contributed by atoms with van der Waals surface area (Å²) in [6, 6.07) is 13.1. The van der Waals surface area contributed by atoms with Crippen molar-refractivity contribution < 1.29 is 19.0 Å². The number of benzene rings is 2. The highest BCUT2D eigenvalue weighted by Crippen LogP contribution is 2.33. The number of rotatable bonds is 9. The van der Waals surface area contributed by atoms with Crippen molar-refractivity contribution in [3.63, 3.8) is 0 Å². The zero-order valence-corrected chi connectivity index (χ0v) is 17.2. The maximum atomic E-state index is 12.3. The quantitative estimate of drug-likeness (QED) is 0.638. The first kappa shape index (κ1) is 20.8. The lowest BCUT2D eigenvalue weighted by molar-refractivity contribution is 0.201. The van der Waals surface area contributed by atoms with E-state index in [9.17, 15) is 4.79 Å². The van der Waals surface area contributed by atoms with Gasteiger partial charge in [-0.3, -0.25) is 0 Å². The number of urea groups is 1. The third-order valence-corrected chi connectivity index (χ3v) is 4.97. The molecule has 3 rings (SSSR count). The molecule has 6 heteroatoms. The molecule has 0 heterocycles. The van der Waals surface area contributed by atoms with Crippen molar-refractivity contribution in [3.05, 3.63) is 48.0 Å². The molecule has 0 unspecified atom stereocenters. The van der Waals surface area contributed by atoms with Gasteiger partial charge in [0.25, 0.3) is 0 Å². The fraction of sp³-hybridized carbons (Fsp3) is 0.435. The maximum Gasteiger partial charge on any atom is 0.319 e. The van der Waals surface area contributed by atoms with Gasteiger partial charge in [0.15, 0.2) is 11.5 Å². The number of nitrogens with one attached hydrogen (secondary N) is 2. The van der Waals surface area contributed by atoms with E-state index >= 15 is 0 Å². The van der Waals surface area contributed by atoms with Gasteiger partial charge in [0.05, 0.1) is 19.8 Å². The van der Waals surface area contributed by atoms with E-state index < -0.39 is 0 Å². The van der Waals surface area contributed by atoms with Crippen molar-refractivity contribution in [1.82, 2.24) is 5.32 Å². The zero-order chi connectivity index (χ0) is 20.5. The molecule has 1 saturated carbocycles. The van der Waals surface area contributed by atoms with Gasteiger partial charge in [-0.2, -0.15) is 0 Å². The predicted molar refractivity (Wildman–Crippen MR) is 114 cm³/mol. The first-order valence-electron chi connectivity index (χ1n) is 10.3. The lowest BCUT2D eigenvalue weighted by Gasteiger charge is -2.17. The molecule has 0 spiro atoms. The molecule has 1 fully saturated rings. The first-order valence-corrected chi connectivity index (χ1v) is 10.3. The van der Waals surface area contributed by atoms with Crippen molar-refractivity contribution in [3.8, 4) is 17.2 Å². The lowest BCUT2D eigenvalue weighted by Crippen LogP contribution is -2.30. The van der Waals surface area contributed by atoms with Crippen LogP contribution in [0.4, 0.5) is 10.5 Å². The molecule has 0 radical (unpaired) electrons. The number of carbonyl (C=O) groups excluding carboxylic acids is 1. The number of methoxy groups -OCH3 is 1. The molecular weight excluding hydrogens is 368 g/mol. The molecule has 2 aromatic carbocycles. The summed E-state index contributed by atoms with van der Waals surface area (Å²) in [5.74, 6) is 2.21. The van der Waals surface area contributed by atoms with E-state index in [0.717, 1.165) is 24.2 Å². The standard InChI is InChI=1S/C23H30N2O4/c1-3-28-20-11-7-4-8-17(20)14-15-24-23(26)25-18-12-13-21(27-2)22(16-18)29-19-9-5-6-10-19/h4,7-8,11-13,16,19H,3,5-6,9-10,14-15H2,1-2H3,(H2,24,25,26). The largest absolute Gasteiger partial charge is 0.494 e. The maximum absolute atomic E-state index is 12.3. The van der Waals surface area contributed by atoms with E-state index in [2.05, 4.69) is 10.6 Å². The van der Waals surface area contributed by atoms with Crippen molar-refractivity contribution in [2.24, 2.45) is 0 Å². The number of carbonyl (C=O) groups is 1. The summed E-state index contributed by atoms with van der Waals surface area (Å²) in [7, 11) is 1.62. The fourth-order valence-electron chi connectivity index (χ4n) is 3.52. The predicted octanol–water partition coefficient (Wildman–Crippen LogP) is 4.78. The third kappa shape index (κ3) is 6.04. The average molecular weight is 399 g/mol. The fourth-order valence-corrected chi connectivity index (χ4v) is 3.52. The normalized spacial score (nSPS) is 13.7. The van der Waals surface area contributed by atoms with Crippen molar-refractivity contribution in [2.45, 2.75) is 45.1 Å². The van der Waals surface area contributed by atoms with Gasteiger partial charge >= 0.3 is 6.03 Å². The van der Waals surface area contributed by atoms with Crippen molar-refractivity contribution >= 4 is 11.7 Å². The summed E-state index contributed by atoms with van der Waals surface area (Å²) >= 11 is 0. The Hall–Kier alpha value is -2.89. The second-order valence-corrected chi connectivity index (χ2v) is 7.06. The summed E-state index contributed by atoms with van der Waals surface area (Å²) < 4.78 is 17.1. The summed E-state index contributed by atoms with van der Waals surface area (Å²) in [5, 5.41) is 5.76. The highest BCUT2D eigenvalue weighted by atomic mass is 16.5. The number of ether oxygens (including phenoxy) is 3. The Morgan fingerprint density at radius 1 is 1.07 bits per heavy atom. The van der Waals surface area contributed by atoms with Gasteiger partial charge in [0.1, 0.15) is 5.75 Å². The molecule has 0 saturated heterocycles. The Labute approximate surface area is 172 Å². The van der Waals surface area contributed by atoms with Gasteiger partial charge in [-0.05, 0) is 62.8 Å². The van der Waals surface area contributed by atoms with E-state index in [4.69, 9.17) is 14.2 Å². The zero-order valence-electron chi connectivity index (χ0n) is 17.2. The van der Waals surface area contributed by atoms with Crippen LogP contribution >= 0.6 is 0 Å². The lowest BCUT2D eigenvalue weighted by atomic mass is 10.1. The Bertz CT molecular complexity index is 803. The van der Waals surface area contributed by atoms with Gasteiger partial charge < -0.3 is 24.8 Å². The molecule has 2 N–H and O–H groups in total. The molecule has 0 aliphatic heterocycles. The van der Waals surface area contributed by atoms with Crippen LogP contribution in [0.5, 0.6) is 17.2 Å². The number of para-hydroxylation sites is 1. The van der Waals surface area contributed by atoms with Gasteiger partial charge in [0.2, 0.25) is 0 Å². The molecule has 2 aromatic rings. The topological polar surface area (TPSA) is 68.8 Å². The van der Waals surface area contributed by atoms with E-state index in [0.29, 0.717) is 36.8 Å². The van der Waals surface area contributed by atoms with Gasteiger partial charge in [-0.15, -0.1) is 0 Å². The molecule has 6 nitrogen and oxygen atoms in total. The Kier molecular flexibility index (Phi) is 7.61. The Balaban J connectivity index is 1.53. The number of amides is 2. The second kappa shape index (κ2) is 10.6. The van der Waals surface area contributed by atoms with Crippen LogP contribution in [-0.4, -0.2) is 32.4 Å². The smallest absolute Gasteiger partial charge is 0.319 e. The molecule has 0 bridgehead atoms. The highest BCUT2D eigenvalue weighted by molar-refractivity contribution is 5.89. The minimum Gasteiger partial charge on any atom is -0.494 e. The summed E-state index contributed by atoms with van der Waals surface area (Å²) in [6.07, 6.45) is 5.43. The highest BCUT2D eigenvalue weighted by Gasteiger charge is 2.19. The number of hydrogen-bond donors (Lipinski definition) is 2. The van der Waals surface area contributed by atoms with Crippen LogP contribution in [0, 0.1) is 0 Å². The summed E-state index contributed by atoms with van der Waals surface area (Å²) in [5.41, 5.74) is 1.75.